The van der Waals surface area contributed by atoms with Gasteiger partial charge in [0.25, 0.3) is 11.1 Å². The third-order valence-corrected chi connectivity index (χ3v) is 5.95. The maximum Gasteiger partial charge on any atom is 0.293 e. The molecule has 2 heterocycles. The van der Waals surface area contributed by atoms with Gasteiger partial charge in [-0.15, -0.1) is 0 Å². The normalized spacial score (nSPS) is 15.3. The minimum atomic E-state index is -0.486. The molecule has 1 fully saturated rings. The zero-order chi connectivity index (χ0) is 22.0. The Morgan fingerprint density at radius 3 is 2.68 bits per heavy atom. The van der Waals surface area contributed by atoms with E-state index in [1.807, 2.05) is 41.8 Å². The summed E-state index contributed by atoms with van der Waals surface area (Å²) in [5.74, 6) is -1.16. The molecule has 0 saturated carbocycles. The molecule has 3 aromatic rings. The molecule has 0 radical (unpaired) electrons. The van der Waals surface area contributed by atoms with E-state index in [-0.39, 0.29) is 36.0 Å². The Morgan fingerprint density at radius 2 is 1.87 bits per heavy atom. The first-order chi connectivity index (χ1) is 14.9. The van der Waals surface area contributed by atoms with E-state index in [0.29, 0.717) is 0 Å². The molecule has 3 amide bonds. The lowest BCUT2D eigenvalue weighted by molar-refractivity contribution is -0.124. The highest BCUT2D eigenvalue weighted by Crippen LogP contribution is 2.32. The highest BCUT2D eigenvalue weighted by Gasteiger charge is 2.34. The number of para-hydroxylation sites is 1. The molecule has 8 heteroatoms. The first-order valence-electron chi connectivity index (χ1n) is 9.75. The van der Waals surface area contributed by atoms with Gasteiger partial charge in [0.1, 0.15) is 12.4 Å². The van der Waals surface area contributed by atoms with Gasteiger partial charge in [0.2, 0.25) is 5.91 Å². The van der Waals surface area contributed by atoms with Crippen molar-refractivity contribution in [1.29, 1.82) is 0 Å². The summed E-state index contributed by atoms with van der Waals surface area (Å²) in [4.78, 5) is 38.4. The summed E-state index contributed by atoms with van der Waals surface area (Å²) < 4.78 is 15.7. The molecule has 0 unspecified atom stereocenters. The Bertz CT molecular complexity index is 1220. The molecule has 31 heavy (non-hydrogen) atoms. The zero-order valence-corrected chi connectivity index (χ0v) is 17.6. The number of carbonyl (C=O) groups excluding carboxylic acids is 3. The molecule has 2 aromatic carbocycles. The molecule has 0 aliphatic carbocycles. The minimum absolute atomic E-state index is 0.0520. The molecule has 158 valence electrons. The van der Waals surface area contributed by atoms with Crippen molar-refractivity contribution < 1.29 is 18.8 Å². The number of aromatic nitrogens is 1. The number of aryl methyl sites for hydroxylation is 1. The van der Waals surface area contributed by atoms with E-state index < -0.39 is 17.0 Å². The SMILES string of the molecule is Cc1cc2ccccc2n1CC(=O)NCCN1C(=O)S/C(=C\c2ccccc2F)C1=O. The summed E-state index contributed by atoms with van der Waals surface area (Å²) in [7, 11) is 0. The number of carbonyl (C=O) groups is 3. The van der Waals surface area contributed by atoms with Gasteiger partial charge < -0.3 is 9.88 Å². The lowest BCUT2D eigenvalue weighted by atomic mass is 10.2. The number of amides is 3. The molecular weight excluding hydrogens is 417 g/mol. The van der Waals surface area contributed by atoms with Crippen molar-refractivity contribution in [2.75, 3.05) is 13.1 Å². The fraction of sp³-hybridized carbons (Fsp3) is 0.174. The molecule has 4 rings (SSSR count). The van der Waals surface area contributed by atoms with Crippen LogP contribution in [0.25, 0.3) is 17.0 Å². The third-order valence-electron chi connectivity index (χ3n) is 5.04. The number of rotatable bonds is 6. The summed E-state index contributed by atoms with van der Waals surface area (Å²) in [5.41, 5.74) is 2.19. The van der Waals surface area contributed by atoms with Crippen molar-refractivity contribution in [2.45, 2.75) is 13.5 Å². The number of nitrogens with zero attached hydrogens (tertiary/aromatic N) is 2. The average molecular weight is 437 g/mol. The maximum absolute atomic E-state index is 13.8. The van der Waals surface area contributed by atoms with Crippen LogP contribution in [0, 0.1) is 12.7 Å². The standard InChI is InChI=1S/C23H20FN3O3S/c1-15-12-17-7-3-5-9-19(17)27(15)14-21(28)25-10-11-26-22(29)20(31-23(26)30)13-16-6-2-4-8-18(16)24/h2-9,12-13H,10-11,14H2,1H3,(H,25,28)/b20-13-. The second-order valence-corrected chi connectivity index (χ2v) is 8.13. The van der Waals surface area contributed by atoms with E-state index in [1.54, 1.807) is 12.1 Å². The Kier molecular flexibility index (Phi) is 5.90. The molecular formula is C23H20FN3O3S. The van der Waals surface area contributed by atoms with E-state index in [9.17, 15) is 18.8 Å². The lowest BCUT2D eigenvalue weighted by Crippen LogP contribution is -2.38. The van der Waals surface area contributed by atoms with Gasteiger partial charge >= 0.3 is 0 Å². The van der Waals surface area contributed by atoms with E-state index in [1.165, 1.54) is 18.2 Å². The summed E-state index contributed by atoms with van der Waals surface area (Å²) in [6, 6.07) is 15.9. The fourth-order valence-electron chi connectivity index (χ4n) is 3.49. The van der Waals surface area contributed by atoms with Crippen LogP contribution in [-0.2, 0) is 16.1 Å². The number of nitrogens with one attached hydrogen (secondary N) is 1. The first-order valence-corrected chi connectivity index (χ1v) is 10.6. The Labute approximate surface area is 182 Å². The quantitative estimate of drug-likeness (QED) is 0.593. The first kappa shape index (κ1) is 20.9. The van der Waals surface area contributed by atoms with Gasteiger partial charge in [0, 0.05) is 29.9 Å². The van der Waals surface area contributed by atoms with Crippen LogP contribution in [0.4, 0.5) is 9.18 Å². The molecule has 1 N–H and O–H groups in total. The summed E-state index contributed by atoms with van der Waals surface area (Å²) in [6.07, 6.45) is 1.37. The highest BCUT2D eigenvalue weighted by molar-refractivity contribution is 8.18. The van der Waals surface area contributed by atoms with Crippen molar-refractivity contribution in [2.24, 2.45) is 0 Å². The number of imide groups is 1. The number of halogens is 1. The minimum Gasteiger partial charge on any atom is -0.353 e. The van der Waals surface area contributed by atoms with Crippen LogP contribution in [0.15, 0.2) is 59.5 Å². The molecule has 0 atom stereocenters. The van der Waals surface area contributed by atoms with Crippen molar-refractivity contribution in [3.63, 3.8) is 0 Å². The van der Waals surface area contributed by atoms with Crippen LogP contribution in [-0.4, -0.2) is 39.6 Å². The van der Waals surface area contributed by atoms with Gasteiger partial charge in [0.15, 0.2) is 0 Å². The van der Waals surface area contributed by atoms with Crippen LogP contribution < -0.4 is 5.32 Å². The average Bonchev–Trinajstić information content (AvgIpc) is 3.20. The fourth-order valence-corrected chi connectivity index (χ4v) is 4.35. The summed E-state index contributed by atoms with van der Waals surface area (Å²) >= 11 is 0.766. The third kappa shape index (κ3) is 4.39. The smallest absolute Gasteiger partial charge is 0.293 e. The predicted octanol–water partition coefficient (Wildman–Crippen LogP) is 3.94. The Morgan fingerprint density at radius 1 is 1.13 bits per heavy atom. The van der Waals surface area contributed by atoms with E-state index >= 15 is 0 Å². The van der Waals surface area contributed by atoms with E-state index in [2.05, 4.69) is 5.32 Å². The van der Waals surface area contributed by atoms with Crippen molar-refractivity contribution in [3.8, 4) is 0 Å². The second-order valence-electron chi connectivity index (χ2n) is 7.14. The second kappa shape index (κ2) is 8.77. The van der Waals surface area contributed by atoms with Crippen LogP contribution >= 0.6 is 11.8 Å². The Balaban J connectivity index is 1.35. The zero-order valence-electron chi connectivity index (χ0n) is 16.8. The topological polar surface area (TPSA) is 71.4 Å². The largest absolute Gasteiger partial charge is 0.353 e. The van der Waals surface area contributed by atoms with Gasteiger partial charge in [-0.25, -0.2) is 4.39 Å². The number of benzene rings is 2. The number of fused-ring (bicyclic) bond motifs is 1. The molecule has 6 nitrogen and oxygen atoms in total. The number of thioether (sulfide) groups is 1. The molecule has 1 saturated heterocycles. The van der Waals surface area contributed by atoms with Crippen LogP contribution in [0.3, 0.4) is 0 Å². The molecule has 1 aromatic heterocycles. The predicted molar refractivity (Wildman–Crippen MR) is 119 cm³/mol. The van der Waals surface area contributed by atoms with Crippen LogP contribution in [0.1, 0.15) is 11.3 Å². The molecule has 0 spiro atoms. The monoisotopic (exact) mass is 437 g/mol. The van der Waals surface area contributed by atoms with Gasteiger partial charge in [-0.3, -0.25) is 19.3 Å². The molecule has 0 bridgehead atoms. The van der Waals surface area contributed by atoms with Crippen LogP contribution in [0.5, 0.6) is 0 Å². The van der Waals surface area contributed by atoms with E-state index in [0.717, 1.165) is 33.3 Å². The summed E-state index contributed by atoms with van der Waals surface area (Å²) in [6.45, 7) is 2.28. The van der Waals surface area contributed by atoms with Crippen LogP contribution in [0.2, 0.25) is 0 Å². The molecule has 1 aliphatic rings. The van der Waals surface area contributed by atoms with Crippen molar-refractivity contribution in [1.82, 2.24) is 14.8 Å². The maximum atomic E-state index is 13.8. The number of hydrogen-bond acceptors (Lipinski definition) is 4. The van der Waals surface area contributed by atoms with Gasteiger partial charge in [-0.05, 0) is 48.3 Å². The van der Waals surface area contributed by atoms with Gasteiger partial charge in [-0.1, -0.05) is 36.4 Å². The van der Waals surface area contributed by atoms with Gasteiger partial charge in [-0.2, -0.15) is 0 Å². The molecule has 1 aliphatic heterocycles. The van der Waals surface area contributed by atoms with Gasteiger partial charge in [0.05, 0.1) is 4.91 Å². The van der Waals surface area contributed by atoms with E-state index in [4.69, 9.17) is 0 Å². The highest BCUT2D eigenvalue weighted by atomic mass is 32.2. The Hall–Kier alpha value is -3.39. The summed E-state index contributed by atoms with van der Waals surface area (Å²) in [5, 5.41) is 3.39. The number of hydrogen-bond donors (Lipinski definition) is 1. The van der Waals surface area contributed by atoms with Crippen molar-refractivity contribution in [3.05, 3.63) is 76.6 Å². The lowest BCUT2D eigenvalue weighted by Gasteiger charge is -2.14. The van der Waals surface area contributed by atoms with Crippen molar-refractivity contribution >= 4 is 45.8 Å².